The Hall–Kier alpha value is -6.76. The molecule has 434 valence electrons. The number of hydrogen-bond acceptors (Lipinski definition) is 20. The third-order valence-electron chi connectivity index (χ3n) is 14.7. The first-order valence-electron chi connectivity index (χ1n) is 26.6. The molecule has 4 fully saturated rings. The van der Waals surface area contributed by atoms with E-state index < -0.39 is 0 Å². The van der Waals surface area contributed by atoms with E-state index in [1.54, 1.807) is 31.6 Å². The summed E-state index contributed by atoms with van der Waals surface area (Å²) in [5.41, 5.74) is 2.80. The Kier molecular flexibility index (Phi) is 18.4. The number of nitrogens with zero attached hydrogens (tertiary/aromatic N) is 8. The number of carbonyl (C=O) groups is 2. The quantitative estimate of drug-likeness (QED) is 0.0530. The number of fused-ring (bicyclic) bond motifs is 2. The van der Waals surface area contributed by atoms with Crippen LogP contribution in [0.4, 0.5) is 23.5 Å². The van der Waals surface area contributed by atoms with Crippen LogP contribution < -0.4 is 50.0 Å². The lowest BCUT2D eigenvalue weighted by Gasteiger charge is -2.38. The number of hydrogen-bond donors (Lipinski definition) is 4. The molecular weight excluding hydrogens is 1140 g/mol. The second-order valence-electron chi connectivity index (χ2n) is 20.0. The average molecular weight is 1200 g/mol. The van der Waals surface area contributed by atoms with Crippen LogP contribution in [0, 0.1) is 0 Å². The molecule has 26 heteroatoms. The number of amides is 2. The molecule has 22 nitrogen and oxygen atoms in total. The van der Waals surface area contributed by atoms with Crippen molar-refractivity contribution in [1.29, 1.82) is 0 Å². The van der Waals surface area contributed by atoms with E-state index in [2.05, 4.69) is 49.2 Å². The Morgan fingerprint density at radius 3 is 1.59 bits per heavy atom. The monoisotopic (exact) mass is 1200 g/mol. The molecule has 6 aromatic rings. The van der Waals surface area contributed by atoms with Crippen molar-refractivity contribution in [1.82, 2.24) is 40.5 Å². The number of morpholine rings is 1. The van der Waals surface area contributed by atoms with Crippen LogP contribution in [-0.2, 0) is 28.5 Å². The molecular formula is C56H62Cl4N12O10. The molecule has 8 heterocycles. The van der Waals surface area contributed by atoms with E-state index >= 15 is 0 Å². The Balaban J connectivity index is 0.942. The lowest BCUT2D eigenvalue weighted by atomic mass is 10.1. The van der Waals surface area contributed by atoms with E-state index in [4.69, 9.17) is 109 Å². The minimum atomic E-state index is -0.380. The summed E-state index contributed by atoms with van der Waals surface area (Å²) in [5, 5.41) is 14.8. The number of carbonyl (C=O) groups excluding carboxylic acids is 2. The van der Waals surface area contributed by atoms with Crippen LogP contribution in [0.5, 0.6) is 23.0 Å². The number of anilines is 4. The molecule has 0 saturated carbocycles. The molecule has 4 aromatic heterocycles. The fourth-order valence-electron chi connectivity index (χ4n) is 10.5. The highest BCUT2D eigenvalue weighted by Gasteiger charge is 2.34. The van der Waals surface area contributed by atoms with Crippen molar-refractivity contribution in [2.24, 2.45) is 0 Å². The third-order valence-corrected chi connectivity index (χ3v) is 16.2. The molecule has 0 bridgehead atoms. The van der Waals surface area contributed by atoms with E-state index in [1.807, 2.05) is 19.1 Å². The zero-order valence-electron chi connectivity index (χ0n) is 45.7. The van der Waals surface area contributed by atoms with Crippen molar-refractivity contribution in [3.63, 3.8) is 0 Å². The summed E-state index contributed by atoms with van der Waals surface area (Å²) < 4.78 is 47.4. The molecule has 82 heavy (non-hydrogen) atoms. The number of nitrogens with one attached hydrogen (secondary N) is 4. The van der Waals surface area contributed by atoms with E-state index in [9.17, 15) is 9.59 Å². The van der Waals surface area contributed by atoms with Gasteiger partial charge in [-0.25, -0.2) is 29.9 Å². The molecule has 2 amide bonds. The van der Waals surface area contributed by atoms with Gasteiger partial charge in [-0.1, -0.05) is 59.6 Å². The zero-order chi connectivity index (χ0) is 57.8. The highest BCUT2D eigenvalue weighted by atomic mass is 35.5. The maximum Gasteiger partial charge on any atom is 0.243 e. The van der Waals surface area contributed by atoms with Gasteiger partial charge < -0.3 is 69.0 Å². The minimum absolute atomic E-state index is 0.101. The molecule has 0 radical (unpaired) electrons. The van der Waals surface area contributed by atoms with Crippen LogP contribution in [0.2, 0.25) is 20.1 Å². The van der Waals surface area contributed by atoms with Gasteiger partial charge in [-0.15, -0.1) is 0 Å². The Labute approximate surface area is 493 Å². The zero-order valence-corrected chi connectivity index (χ0v) is 48.8. The van der Waals surface area contributed by atoms with Crippen molar-refractivity contribution in [2.45, 2.75) is 68.7 Å². The van der Waals surface area contributed by atoms with Gasteiger partial charge in [0.15, 0.2) is 11.6 Å². The van der Waals surface area contributed by atoms with Crippen molar-refractivity contribution in [2.75, 3.05) is 108 Å². The van der Waals surface area contributed by atoms with Crippen LogP contribution in [0.1, 0.15) is 26.2 Å². The molecule has 0 spiro atoms. The van der Waals surface area contributed by atoms with Gasteiger partial charge >= 0.3 is 0 Å². The summed E-state index contributed by atoms with van der Waals surface area (Å²) in [4.78, 5) is 58.6. The van der Waals surface area contributed by atoms with Crippen molar-refractivity contribution < 1.29 is 47.5 Å². The summed E-state index contributed by atoms with van der Waals surface area (Å²) >= 11 is 28.6. The van der Waals surface area contributed by atoms with Gasteiger partial charge in [0.2, 0.25) is 23.7 Å². The fraction of sp³-hybridized carbons (Fsp3) is 0.429. The first-order chi connectivity index (χ1) is 39.7. The van der Waals surface area contributed by atoms with Crippen LogP contribution in [0.15, 0.2) is 62.0 Å². The van der Waals surface area contributed by atoms with Gasteiger partial charge in [0.25, 0.3) is 0 Å². The van der Waals surface area contributed by atoms with E-state index in [-0.39, 0.29) is 81.0 Å². The van der Waals surface area contributed by atoms with Crippen LogP contribution in [0.25, 0.3) is 44.3 Å². The third kappa shape index (κ3) is 12.4. The number of piperidine rings is 1. The first kappa shape index (κ1) is 58.4. The summed E-state index contributed by atoms with van der Waals surface area (Å²) in [6.45, 7) is 12.7. The van der Waals surface area contributed by atoms with Crippen LogP contribution in [-0.4, -0.2) is 172 Å². The highest BCUT2D eigenvalue weighted by Crippen LogP contribution is 2.49. The molecule has 6 atom stereocenters. The average Bonchev–Trinajstić information content (AvgIpc) is 4.24. The number of pyridine rings is 2. The SMILES string of the molecule is C=CC(=O)N[C@H]1COC[C@H]1Nc1ncc2cc(-c3c(Cl)c(OC)cc(OC)c3Cl)nc(N3CC(C)OC(CCOc4cc(OC)c(Cl)c(-c5cc6cnc(N[C@@H]7COC[C@@H]7NC(=O)C=C)nc6c(N6CCC(OC)CC6)n5)c4Cl)C3)c2n1. The summed E-state index contributed by atoms with van der Waals surface area (Å²) in [6, 6.07) is 5.63. The number of benzene rings is 2. The minimum Gasteiger partial charge on any atom is -0.495 e. The molecule has 2 unspecified atom stereocenters. The van der Waals surface area contributed by atoms with Gasteiger partial charge in [-0.05, 0) is 44.1 Å². The molecule has 4 N–H and O–H groups in total. The Morgan fingerprint density at radius 2 is 1.11 bits per heavy atom. The van der Waals surface area contributed by atoms with E-state index in [1.165, 1.54) is 33.5 Å². The van der Waals surface area contributed by atoms with Gasteiger partial charge in [0, 0.05) is 86.1 Å². The van der Waals surface area contributed by atoms with Gasteiger partial charge in [-0.2, -0.15) is 0 Å². The molecule has 4 aliphatic heterocycles. The Bertz CT molecular complexity index is 3370. The fourth-order valence-corrected chi connectivity index (χ4v) is 11.9. The largest absolute Gasteiger partial charge is 0.495 e. The second kappa shape index (κ2) is 25.8. The number of methoxy groups -OCH3 is 4. The highest BCUT2D eigenvalue weighted by molar-refractivity contribution is 6.42. The molecule has 2 aromatic carbocycles. The van der Waals surface area contributed by atoms with E-state index in [0.717, 1.165) is 12.8 Å². The standard InChI is InChI=1S/C56H62Cl4N12O10/c1-8-43(73)63-35-24-79-26-37(35)67-55-61-20-29-16-34(65-53(51(29)69-55)71-13-10-31(75-4)11-14-71)46-49(59)41(78-7)19-42(50(46)60)81-15-12-32-23-72(22-28(3)82-32)54-52-30(17-33(66-54)45-47(57)39(76-5)18-40(77-6)48(45)58)21-62-56(70-52)68-38-27-80-25-36(38)64-44(74)9-2/h8-9,16-21,28,31-32,35-38H,1-2,10-15,22-27H2,3-7H3,(H,63,73)(H,64,74)(H,61,67,69)(H,62,68,70)/t28?,32?,35-,36-,37+,38+/m0/s1. The van der Waals surface area contributed by atoms with Crippen molar-refractivity contribution in [3.05, 3.63) is 82.1 Å². The maximum atomic E-state index is 12.3. The van der Waals surface area contributed by atoms with Gasteiger partial charge in [0.1, 0.15) is 34.0 Å². The number of aromatic nitrogens is 6. The molecule has 0 aliphatic carbocycles. The summed E-state index contributed by atoms with van der Waals surface area (Å²) in [5.74, 6) is 2.46. The molecule has 4 saturated heterocycles. The lowest BCUT2D eigenvalue weighted by molar-refractivity contribution is -0.118. The lowest BCUT2D eigenvalue weighted by Crippen LogP contribution is -2.47. The molecule has 4 aliphatic rings. The Morgan fingerprint density at radius 1 is 0.646 bits per heavy atom. The predicted molar refractivity (Wildman–Crippen MR) is 315 cm³/mol. The van der Waals surface area contributed by atoms with Gasteiger partial charge in [0.05, 0.1) is 128 Å². The van der Waals surface area contributed by atoms with Crippen LogP contribution in [0.3, 0.4) is 0 Å². The normalized spacial score (nSPS) is 21.1. The number of rotatable bonds is 20. The topological polar surface area (TPSA) is 240 Å². The smallest absolute Gasteiger partial charge is 0.243 e. The first-order valence-corrected chi connectivity index (χ1v) is 28.1. The van der Waals surface area contributed by atoms with Gasteiger partial charge in [-0.3, -0.25) is 9.59 Å². The number of ether oxygens (including phenoxy) is 8. The second-order valence-corrected chi connectivity index (χ2v) is 21.5. The molecule has 10 rings (SSSR count). The maximum absolute atomic E-state index is 12.3. The van der Waals surface area contributed by atoms with Crippen LogP contribution >= 0.6 is 46.4 Å². The predicted octanol–water partition coefficient (Wildman–Crippen LogP) is 7.98. The van der Waals surface area contributed by atoms with E-state index in [0.29, 0.717) is 150 Å². The summed E-state index contributed by atoms with van der Waals surface area (Å²) in [6.07, 6.45) is 7.26. The van der Waals surface area contributed by atoms with Crippen molar-refractivity contribution in [3.8, 4) is 45.5 Å². The van der Waals surface area contributed by atoms with Crippen molar-refractivity contribution >= 4 is 104 Å². The summed E-state index contributed by atoms with van der Waals surface area (Å²) in [7, 11) is 6.26. The number of halogens is 4.